The van der Waals surface area contributed by atoms with E-state index in [0.717, 1.165) is 12.1 Å². The monoisotopic (exact) mass is 307 g/mol. The van der Waals surface area contributed by atoms with Gasteiger partial charge in [0.2, 0.25) is 10.0 Å². The van der Waals surface area contributed by atoms with E-state index < -0.39 is 51.2 Å². The van der Waals surface area contributed by atoms with Gasteiger partial charge in [-0.25, -0.2) is 17.2 Å². The first-order valence-corrected chi connectivity index (χ1v) is 7.05. The smallest absolute Gasteiger partial charge is 0.322 e. The first kappa shape index (κ1) is 14.8. The number of nitrogens with zero attached hydrogens (tertiary/aromatic N) is 1. The summed E-state index contributed by atoms with van der Waals surface area (Å²) in [5.41, 5.74) is 0. The summed E-state index contributed by atoms with van der Waals surface area (Å²) < 4.78 is 51.3. The molecule has 1 aliphatic heterocycles. The first-order valence-electron chi connectivity index (χ1n) is 5.61. The van der Waals surface area contributed by atoms with Crippen LogP contribution < -0.4 is 0 Å². The molecule has 0 aliphatic carbocycles. The summed E-state index contributed by atoms with van der Waals surface area (Å²) in [5, 5.41) is 18.4. The molecule has 0 saturated carbocycles. The van der Waals surface area contributed by atoms with Gasteiger partial charge in [-0.3, -0.25) is 4.79 Å². The van der Waals surface area contributed by atoms with E-state index in [9.17, 15) is 27.1 Å². The van der Waals surface area contributed by atoms with Gasteiger partial charge in [-0.15, -0.1) is 0 Å². The minimum Gasteiger partial charge on any atom is -0.480 e. The van der Waals surface area contributed by atoms with Crippen molar-refractivity contribution in [1.29, 1.82) is 0 Å². The number of rotatable bonds is 3. The Morgan fingerprint density at radius 3 is 2.55 bits per heavy atom. The number of benzene rings is 1. The quantitative estimate of drug-likeness (QED) is 0.830. The average molecular weight is 307 g/mol. The Labute approximate surface area is 113 Å². The fourth-order valence-corrected chi connectivity index (χ4v) is 3.76. The van der Waals surface area contributed by atoms with E-state index in [0.29, 0.717) is 10.4 Å². The van der Waals surface area contributed by atoms with E-state index in [-0.39, 0.29) is 6.42 Å². The third-order valence-electron chi connectivity index (χ3n) is 3.00. The zero-order valence-electron chi connectivity index (χ0n) is 10.0. The second-order valence-electron chi connectivity index (χ2n) is 4.39. The molecule has 2 rings (SSSR count). The van der Waals surface area contributed by atoms with E-state index in [2.05, 4.69) is 0 Å². The fraction of sp³-hybridized carbons (Fsp3) is 0.364. The number of aliphatic hydroxyl groups excluding tert-OH is 1. The van der Waals surface area contributed by atoms with Crippen molar-refractivity contribution < 1.29 is 32.2 Å². The van der Waals surface area contributed by atoms with E-state index in [1.54, 1.807) is 0 Å². The van der Waals surface area contributed by atoms with Gasteiger partial charge in [0.25, 0.3) is 0 Å². The van der Waals surface area contributed by atoms with Gasteiger partial charge in [-0.1, -0.05) is 0 Å². The maximum Gasteiger partial charge on any atom is 0.322 e. The summed E-state index contributed by atoms with van der Waals surface area (Å²) in [5.74, 6) is -3.69. The van der Waals surface area contributed by atoms with Crippen LogP contribution >= 0.6 is 0 Å². The number of carboxylic acid groups (broad SMARTS) is 1. The Morgan fingerprint density at radius 2 is 2.00 bits per heavy atom. The molecule has 110 valence electrons. The van der Waals surface area contributed by atoms with Crippen LogP contribution in [0.4, 0.5) is 8.78 Å². The predicted molar refractivity (Wildman–Crippen MR) is 62.3 cm³/mol. The molecule has 0 radical (unpaired) electrons. The van der Waals surface area contributed by atoms with Crippen molar-refractivity contribution >= 4 is 16.0 Å². The van der Waals surface area contributed by atoms with Crippen LogP contribution in [-0.2, 0) is 14.8 Å². The molecule has 1 fully saturated rings. The van der Waals surface area contributed by atoms with Crippen LogP contribution in [0.2, 0.25) is 0 Å². The highest BCUT2D eigenvalue weighted by Crippen LogP contribution is 2.28. The van der Waals surface area contributed by atoms with Gasteiger partial charge in [-0.2, -0.15) is 4.31 Å². The van der Waals surface area contributed by atoms with Crippen molar-refractivity contribution in [2.24, 2.45) is 0 Å². The summed E-state index contributed by atoms with van der Waals surface area (Å²) in [6.45, 7) is -0.448. The molecule has 20 heavy (non-hydrogen) atoms. The topological polar surface area (TPSA) is 94.9 Å². The Hall–Kier alpha value is -1.58. The van der Waals surface area contributed by atoms with Crippen molar-refractivity contribution in [3.63, 3.8) is 0 Å². The van der Waals surface area contributed by atoms with Crippen LogP contribution in [0.1, 0.15) is 6.42 Å². The number of halogens is 2. The van der Waals surface area contributed by atoms with E-state index in [1.807, 2.05) is 0 Å². The molecule has 1 aromatic rings. The van der Waals surface area contributed by atoms with Crippen molar-refractivity contribution in [1.82, 2.24) is 4.31 Å². The number of aliphatic hydroxyl groups is 1. The highest BCUT2D eigenvalue weighted by Gasteiger charge is 2.44. The Balaban J connectivity index is 2.46. The number of sulfonamides is 1. The largest absolute Gasteiger partial charge is 0.480 e. The van der Waals surface area contributed by atoms with E-state index in [1.165, 1.54) is 0 Å². The number of aliphatic carboxylic acids is 1. The maximum atomic E-state index is 13.6. The molecular formula is C11H11F2NO5S. The zero-order valence-corrected chi connectivity index (χ0v) is 10.8. The van der Waals surface area contributed by atoms with E-state index >= 15 is 0 Å². The molecule has 9 heteroatoms. The molecule has 1 heterocycles. The molecular weight excluding hydrogens is 296 g/mol. The fourth-order valence-electron chi connectivity index (χ4n) is 2.09. The lowest BCUT2D eigenvalue weighted by Crippen LogP contribution is -2.40. The number of hydrogen-bond donors (Lipinski definition) is 2. The lowest BCUT2D eigenvalue weighted by Gasteiger charge is -2.20. The summed E-state index contributed by atoms with van der Waals surface area (Å²) >= 11 is 0. The van der Waals surface area contributed by atoms with Crippen molar-refractivity contribution in [2.75, 3.05) is 6.54 Å². The van der Waals surface area contributed by atoms with Crippen LogP contribution in [0, 0.1) is 11.6 Å². The van der Waals surface area contributed by atoms with Crippen LogP contribution in [0.5, 0.6) is 0 Å². The first-order chi connectivity index (χ1) is 9.23. The van der Waals surface area contributed by atoms with Crippen LogP contribution in [0.25, 0.3) is 0 Å². The van der Waals surface area contributed by atoms with Gasteiger partial charge in [-0.05, 0) is 12.1 Å². The van der Waals surface area contributed by atoms with Crippen LogP contribution in [-0.4, -0.2) is 47.6 Å². The van der Waals surface area contributed by atoms with Crippen molar-refractivity contribution in [2.45, 2.75) is 23.5 Å². The Morgan fingerprint density at radius 1 is 1.35 bits per heavy atom. The van der Waals surface area contributed by atoms with Gasteiger partial charge in [0.05, 0.1) is 6.10 Å². The Bertz CT molecular complexity index is 648. The Kier molecular flexibility index (Phi) is 3.76. The van der Waals surface area contributed by atoms with Gasteiger partial charge in [0, 0.05) is 19.0 Å². The summed E-state index contributed by atoms with van der Waals surface area (Å²) in [6.07, 6.45) is -1.42. The predicted octanol–water partition coefficient (Wildman–Crippen LogP) is 0.173. The summed E-state index contributed by atoms with van der Waals surface area (Å²) in [4.78, 5) is 10.2. The van der Waals surface area contributed by atoms with Gasteiger partial charge in [0.1, 0.15) is 22.6 Å². The maximum absolute atomic E-state index is 13.6. The lowest BCUT2D eigenvalue weighted by molar-refractivity contribution is -0.140. The number of β-amino-alcohol motifs (C(OH)–C–C–N with tert-alkyl or cyclic N) is 1. The standard InChI is InChI=1S/C11H11F2NO5S/c12-6-1-2-10(8(13)3-6)20(18,19)14-5-7(15)4-9(14)11(16)17/h1-3,7,9,15H,4-5H2,(H,16,17)/t7-,9-/m0/s1. The van der Waals surface area contributed by atoms with Gasteiger partial charge in [0.15, 0.2) is 0 Å². The SMILES string of the molecule is O=C(O)[C@@H]1C[C@H](O)CN1S(=O)(=O)c1ccc(F)cc1F. The van der Waals surface area contributed by atoms with Gasteiger partial charge < -0.3 is 10.2 Å². The minimum absolute atomic E-state index is 0.280. The third-order valence-corrected chi connectivity index (χ3v) is 4.91. The molecule has 0 amide bonds. The minimum atomic E-state index is -4.46. The van der Waals surface area contributed by atoms with E-state index in [4.69, 9.17) is 5.11 Å². The molecule has 1 saturated heterocycles. The molecule has 1 aromatic carbocycles. The third kappa shape index (κ3) is 2.51. The summed E-state index contributed by atoms with van der Waals surface area (Å²) in [6, 6.07) is 0.413. The highest BCUT2D eigenvalue weighted by molar-refractivity contribution is 7.89. The van der Waals surface area contributed by atoms with Crippen molar-refractivity contribution in [3.8, 4) is 0 Å². The second kappa shape index (κ2) is 5.08. The zero-order chi connectivity index (χ0) is 15.1. The van der Waals surface area contributed by atoms with Gasteiger partial charge >= 0.3 is 5.97 Å². The molecule has 0 bridgehead atoms. The molecule has 2 N–H and O–H groups in total. The van der Waals surface area contributed by atoms with Crippen molar-refractivity contribution in [3.05, 3.63) is 29.8 Å². The number of carboxylic acids is 1. The molecule has 6 nitrogen and oxygen atoms in total. The molecule has 0 spiro atoms. The average Bonchev–Trinajstić information content (AvgIpc) is 2.71. The normalized spacial score (nSPS) is 23.9. The molecule has 0 unspecified atom stereocenters. The molecule has 1 aliphatic rings. The van der Waals surface area contributed by atoms with Crippen LogP contribution in [0.15, 0.2) is 23.1 Å². The number of carbonyl (C=O) groups is 1. The highest BCUT2D eigenvalue weighted by atomic mass is 32.2. The lowest BCUT2D eigenvalue weighted by atomic mass is 10.2. The molecule has 0 aromatic heterocycles. The summed E-state index contributed by atoms with van der Waals surface area (Å²) in [7, 11) is -4.46. The number of hydrogen-bond acceptors (Lipinski definition) is 4. The second-order valence-corrected chi connectivity index (χ2v) is 6.25. The van der Waals surface area contributed by atoms with Crippen LogP contribution in [0.3, 0.4) is 0 Å². The molecule has 2 atom stereocenters.